The van der Waals surface area contributed by atoms with E-state index >= 15 is 0 Å². The highest BCUT2D eigenvalue weighted by atomic mass is 16.5. The first-order chi connectivity index (χ1) is 24.9. The first-order valence-electron chi connectivity index (χ1n) is 21.7. The number of hydrogen-bond acceptors (Lipinski definition) is 3. The Morgan fingerprint density at radius 3 is 1.63 bits per heavy atom. The van der Waals surface area contributed by atoms with Crippen LogP contribution in [0.1, 0.15) is 210 Å². The van der Waals surface area contributed by atoms with Gasteiger partial charge in [-0.3, -0.25) is 9.79 Å². The topological polar surface area (TPSA) is 38.7 Å². The molecule has 1 saturated carbocycles. The third kappa shape index (κ3) is 33.0. The summed E-state index contributed by atoms with van der Waals surface area (Å²) in [6, 6.07) is 0. The molecule has 1 heterocycles. The van der Waals surface area contributed by atoms with Gasteiger partial charge >= 0.3 is 0 Å². The zero-order chi connectivity index (χ0) is 43.9. The third-order valence-corrected chi connectivity index (χ3v) is 9.33. The normalized spacial score (nSPS) is 17.6. The number of carbonyl (C=O) groups excluding carboxylic acids is 1. The Kier molecular flexibility index (Phi) is 38.2. The fraction of sp³-hybridized carbons (Fsp3) is 0.725. The molecule has 318 valence electrons. The highest BCUT2D eigenvalue weighted by Crippen LogP contribution is 2.40. The molecule has 54 heavy (non-hydrogen) atoms. The Morgan fingerprint density at radius 1 is 0.870 bits per heavy atom. The van der Waals surface area contributed by atoms with Crippen LogP contribution in [0.25, 0.3) is 0 Å². The van der Waals surface area contributed by atoms with Crippen molar-refractivity contribution in [1.82, 2.24) is 0 Å². The third-order valence-electron chi connectivity index (χ3n) is 9.33. The number of allylic oxidation sites excluding steroid dienone is 8. The second-order valence-corrected chi connectivity index (χ2v) is 17.1. The molecule has 0 aromatic heterocycles. The molecule has 1 atom stereocenters. The van der Waals surface area contributed by atoms with Crippen molar-refractivity contribution < 1.29 is 9.53 Å². The minimum Gasteiger partial charge on any atom is -0.501 e. The number of hydrogen-bond donors (Lipinski definition) is 0. The maximum atomic E-state index is 11.2. The summed E-state index contributed by atoms with van der Waals surface area (Å²) >= 11 is 0. The molecule has 3 nitrogen and oxygen atoms in total. The average Bonchev–Trinajstić information content (AvgIpc) is 3.19. The van der Waals surface area contributed by atoms with Crippen molar-refractivity contribution in [1.29, 1.82) is 0 Å². The zero-order valence-corrected chi connectivity index (χ0v) is 40.8. The van der Waals surface area contributed by atoms with E-state index in [4.69, 9.17) is 9.73 Å². The lowest BCUT2D eigenvalue weighted by atomic mass is 9.71. The SMILES string of the molecule is C=C(OC)C(CC=C(C)C)C(C)=O.C=C1/C=C(/C(=C)C)CC/C(C(C)(C)C)=C\C(C2CCC(C)(C)CC2)=N1.CC.CC.CC.CCC(C)(C)C.CCCC. The molecule has 1 unspecified atom stereocenters. The summed E-state index contributed by atoms with van der Waals surface area (Å²) in [5, 5.41) is 0. The summed E-state index contributed by atoms with van der Waals surface area (Å²) in [7, 11) is 1.54. The zero-order valence-electron chi connectivity index (χ0n) is 40.8. The van der Waals surface area contributed by atoms with Gasteiger partial charge in [-0.2, -0.15) is 0 Å². The lowest BCUT2D eigenvalue weighted by Gasteiger charge is -2.35. The van der Waals surface area contributed by atoms with Gasteiger partial charge in [0.1, 0.15) is 5.78 Å². The minimum atomic E-state index is -0.195. The van der Waals surface area contributed by atoms with Crippen LogP contribution in [0.2, 0.25) is 0 Å². The smallest absolute Gasteiger partial charge is 0.140 e. The molecule has 0 amide bonds. The number of unbranched alkanes of at least 4 members (excludes halogenated alkanes) is 1. The highest BCUT2D eigenvalue weighted by molar-refractivity contribution is 5.98. The van der Waals surface area contributed by atoms with Crippen LogP contribution in [0, 0.1) is 28.1 Å². The molecule has 3 heteroatoms. The van der Waals surface area contributed by atoms with Crippen molar-refractivity contribution in [3.8, 4) is 0 Å². The van der Waals surface area contributed by atoms with E-state index < -0.39 is 0 Å². The second-order valence-electron chi connectivity index (χ2n) is 17.1. The van der Waals surface area contributed by atoms with Gasteiger partial charge < -0.3 is 4.74 Å². The predicted molar refractivity (Wildman–Crippen MR) is 251 cm³/mol. The first-order valence-corrected chi connectivity index (χ1v) is 21.7. The van der Waals surface area contributed by atoms with Crippen LogP contribution < -0.4 is 0 Å². The van der Waals surface area contributed by atoms with Crippen molar-refractivity contribution in [2.45, 2.75) is 210 Å². The Labute approximate surface area is 341 Å². The maximum Gasteiger partial charge on any atom is 0.140 e. The Hall–Kier alpha value is -2.42. The molecule has 0 radical (unpaired) electrons. The Balaban J connectivity index is -0.000000230. The molecule has 1 aliphatic carbocycles. The molecule has 1 fully saturated rings. The van der Waals surface area contributed by atoms with Crippen LogP contribution in [-0.2, 0) is 9.53 Å². The molecule has 1 aliphatic heterocycles. The van der Waals surface area contributed by atoms with E-state index in [-0.39, 0.29) is 17.1 Å². The molecule has 0 aromatic rings. The van der Waals surface area contributed by atoms with Gasteiger partial charge in [0.2, 0.25) is 0 Å². The summed E-state index contributed by atoms with van der Waals surface area (Å²) in [6.45, 7) is 56.8. The first kappa shape index (κ1) is 60.8. The van der Waals surface area contributed by atoms with Gasteiger partial charge in [0.05, 0.1) is 24.5 Å². The summed E-state index contributed by atoms with van der Waals surface area (Å²) in [6.07, 6.45) is 18.3. The number of ether oxygens (including phenoxy) is 1. The van der Waals surface area contributed by atoms with E-state index in [0.29, 0.717) is 28.9 Å². The molecule has 0 spiro atoms. The second kappa shape index (κ2) is 33.9. The van der Waals surface area contributed by atoms with E-state index in [1.54, 1.807) is 14.0 Å². The van der Waals surface area contributed by atoms with Crippen molar-refractivity contribution >= 4 is 11.5 Å². The molecular formula is C51H97NO2. The largest absolute Gasteiger partial charge is 0.501 e. The number of carbonyl (C=O) groups is 1. The monoisotopic (exact) mass is 756 g/mol. The molecular weight excluding hydrogens is 659 g/mol. The molecule has 2 aliphatic rings. The van der Waals surface area contributed by atoms with Gasteiger partial charge in [0.15, 0.2) is 0 Å². The summed E-state index contributed by atoms with van der Waals surface area (Å²) < 4.78 is 4.96. The summed E-state index contributed by atoms with van der Waals surface area (Å²) in [4.78, 5) is 16.2. The molecule has 0 bridgehead atoms. The lowest BCUT2D eigenvalue weighted by Crippen LogP contribution is -2.26. The van der Waals surface area contributed by atoms with Crippen LogP contribution in [0.4, 0.5) is 0 Å². The number of aliphatic imine (C=N–C) groups is 1. The van der Waals surface area contributed by atoms with E-state index in [9.17, 15) is 4.79 Å². The van der Waals surface area contributed by atoms with Gasteiger partial charge in [-0.05, 0) is 107 Å². The van der Waals surface area contributed by atoms with Crippen LogP contribution in [0.15, 0.2) is 76.7 Å². The standard InChI is InChI=1S/C24H37N.C11H18O2.C6H14.C4H10.3C2H6/c1-17(2)20-9-10-21(23(4,5)6)16-22(25-18(3)15-20)19-11-13-24(7,8)14-12-19;1-8(2)6-7-11(9(3)12)10(4)13-5;1-5-6(2,3)4;1-3-4-2;3*1-2/h15-16,19H,1,3,9-14H2,2,4-8H3;6,11H,4,7H2,1-3,5H3;5H2,1-4H3;3-4H2,1-2H3;3*1-2H3/b20-15+,21-16+,25-22?;;;;;;. The quantitative estimate of drug-likeness (QED) is 0.183. The fourth-order valence-electron chi connectivity index (χ4n) is 4.88. The van der Waals surface area contributed by atoms with Crippen molar-refractivity contribution in [3.05, 3.63) is 71.7 Å². The lowest BCUT2D eigenvalue weighted by molar-refractivity contribution is -0.120. The number of nitrogens with zero attached hydrogens (tertiary/aromatic N) is 1. The van der Waals surface area contributed by atoms with Gasteiger partial charge in [0.25, 0.3) is 0 Å². The number of ketones is 1. The van der Waals surface area contributed by atoms with E-state index in [2.05, 4.69) is 115 Å². The van der Waals surface area contributed by atoms with Crippen molar-refractivity contribution in [2.75, 3.05) is 7.11 Å². The molecule has 0 saturated heterocycles. The van der Waals surface area contributed by atoms with E-state index in [0.717, 1.165) is 24.1 Å². The number of methoxy groups -OCH3 is 1. The van der Waals surface area contributed by atoms with Crippen LogP contribution >= 0.6 is 0 Å². The highest BCUT2D eigenvalue weighted by Gasteiger charge is 2.30. The maximum absolute atomic E-state index is 11.2. The average molecular weight is 756 g/mol. The Morgan fingerprint density at radius 2 is 1.31 bits per heavy atom. The predicted octanol–water partition coefficient (Wildman–Crippen LogP) is 17.5. The van der Waals surface area contributed by atoms with Gasteiger partial charge in [-0.1, -0.05) is 179 Å². The van der Waals surface area contributed by atoms with E-state index in [1.807, 2.05) is 61.5 Å². The van der Waals surface area contributed by atoms with Gasteiger partial charge in [-0.15, -0.1) is 0 Å². The fourth-order valence-corrected chi connectivity index (χ4v) is 4.88. The number of Topliss-reactive ketones (excluding diaryl/α,β-unsaturated/α-hetero) is 1. The minimum absolute atomic E-state index is 0.101. The molecule has 0 N–H and O–H groups in total. The Bertz CT molecular complexity index is 1120. The molecule has 2 rings (SSSR count). The van der Waals surface area contributed by atoms with Gasteiger partial charge in [0, 0.05) is 11.6 Å². The van der Waals surface area contributed by atoms with Crippen LogP contribution in [0.5, 0.6) is 0 Å². The number of rotatable bonds is 8. The summed E-state index contributed by atoms with van der Waals surface area (Å²) in [5.74, 6) is 1.02. The van der Waals surface area contributed by atoms with E-state index in [1.165, 1.54) is 67.4 Å². The summed E-state index contributed by atoms with van der Waals surface area (Å²) in [5.41, 5.74) is 8.45. The van der Waals surface area contributed by atoms with Crippen molar-refractivity contribution in [2.24, 2.45) is 33.1 Å². The van der Waals surface area contributed by atoms with Crippen LogP contribution in [-0.4, -0.2) is 18.6 Å². The van der Waals surface area contributed by atoms with Crippen molar-refractivity contribution in [3.63, 3.8) is 0 Å². The van der Waals surface area contributed by atoms with Crippen LogP contribution in [0.3, 0.4) is 0 Å². The molecule has 0 aromatic carbocycles. The van der Waals surface area contributed by atoms with Gasteiger partial charge in [-0.25, -0.2) is 0 Å².